The highest BCUT2D eigenvalue weighted by molar-refractivity contribution is 6.76. The monoisotopic (exact) mass is 258 g/mol. The van der Waals surface area contributed by atoms with Crippen LogP contribution in [0.3, 0.4) is 0 Å². The first kappa shape index (κ1) is 17.2. The summed E-state index contributed by atoms with van der Waals surface area (Å²) >= 11 is 0. The van der Waals surface area contributed by atoms with Crippen LogP contribution >= 0.6 is 0 Å². The highest BCUT2D eigenvalue weighted by Gasteiger charge is 2.45. The van der Waals surface area contributed by atoms with Gasteiger partial charge < -0.3 is 4.80 Å². The molecule has 104 valence electrons. The summed E-state index contributed by atoms with van der Waals surface area (Å²) in [6.07, 6.45) is 7.21. The summed E-state index contributed by atoms with van der Waals surface area (Å²) in [4.78, 5) is 11.3. The van der Waals surface area contributed by atoms with Gasteiger partial charge in [0.1, 0.15) is 0 Å². The summed E-state index contributed by atoms with van der Waals surface area (Å²) < 4.78 is 0. The van der Waals surface area contributed by atoms with Crippen LogP contribution in [-0.4, -0.2) is 13.1 Å². The second-order valence-corrected chi connectivity index (χ2v) is 10.7. The van der Waals surface area contributed by atoms with Crippen LogP contribution in [0.4, 0.5) is 0 Å². The SMILES string of the molecule is CCCC(C)[Si](O)(C(C)CCC)C(C)CCC. The second kappa shape index (κ2) is 8.31. The molecule has 1 N–H and O–H groups in total. The van der Waals surface area contributed by atoms with E-state index in [1.807, 2.05) is 0 Å². The Hall–Kier alpha value is 0.177. The lowest BCUT2D eigenvalue weighted by Crippen LogP contribution is -2.47. The molecule has 3 atom stereocenters. The van der Waals surface area contributed by atoms with Crippen molar-refractivity contribution in [1.82, 2.24) is 0 Å². The van der Waals surface area contributed by atoms with Gasteiger partial charge in [0.15, 0.2) is 8.32 Å². The quantitative estimate of drug-likeness (QED) is 0.542. The fourth-order valence-electron chi connectivity index (χ4n) is 3.45. The molecule has 0 aromatic carbocycles. The molecule has 0 aliphatic rings. The lowest BCUT2D eigenvalue weighted by Gasteiger charge is -2.41. The molecule has 0 aliphatic carbocycles. The molecular formula is C15H34OSi. The van der Waals surface area contributed by atoms with E-state index in [0.717, 1.165) is 0 Å². The molecule has 0 saturated heterocycles. The van der Waals surface area contributed by atoms with Crippen LogP contribution in [0.15, 0.2) is 0 Å². The summed E-state index contributed by atoms with van der Waals surface area (Å²) in [5.41, 5.74) is 1.65. The Balaban J connectivity index is 4.90. The normalized spacial score (nSPS) is 20.6. The fourth-order valence-corrected chi connectivity index (χ4v) is 8.62. The van der Waals surface area contributed by atoms with Gasteiger partial charge in [0, 0.05) is 0 Å². The predicted octanol–water partition coefficient (Wildman–Crippen LogP) is 5.49. The van der Waals surface area contributed by atoms with E-state index in [1.165, 1.54) is 38.5 Å². The molecule has 0 rings (SSSR count). The summed E-state index contributed by atoms with van der Waals surface area (Å²) in [5.74, 6) is 0. The van der Waals surface area contributed by atoms with Crippen LogP contribution in [0.5, 0.6) is 0 Å². The number of hydrogen-bond acceptors (Lipinski definition) is 1. The van der Waals surface area contributed by atoms with Crippen LogP contribution in [0.25, 0.3) is 0 Å². The Morgan fingerprint density at radius 2 is 0.941 bits per heavy atom. The van der Waals surface area contributed by atoms with Gasteiger partial charge in [0.05, 0.1) is 0 Å². The maximum atomic E-state index is 11.3. The van der Waals surface area contributed by atoms with Crippen molar-refractivity contribution < 1.29 is 4.80 Å². The number of hydrogen-bond donors (Lipinski definition) is 1. The first-order valence-corrected chi connectivity index (χ1v) is 9.85. The fraction of sp³-hybridized carbons (Fsp3) is 1.00. The molecule has 0 amide bonds. The van der Waals surface area contributed by atoms with Crippen molar-refractivity contribution >= 4 is 8.32 Å². The molecule has 0 bridgehead atoms. The lowest BCUT2D eigenvalue weighted by atomic mass is 10.2. The Morgan fingerprint density at radius 3 is 1.12 bits per heavy atom. The van der Waals surface area contributed by atoms with Crippen molar-refractivity contribution in [2.24, 2.45) is 0 Å². The van der Waals surface area contributed by atoms with Crippen LogP contribution in [-0.2, 0) is 0 Å². The van der Waals surface area contributed by atoms with Gasteiger partial charge in [-0.25, -0.2) is 0 Å². The van der Waals surface area contributed by atoms with Gasteiger partial charge in [-0.15, -0.1) is 0 Å². The zero-order valence-electron chi connectivity index (χ0n) is 12.9. The maximum Gasteiger partial charge on any atom is 0.196 e. The summed E-state index contributed by atoms with van der Waals surface area (Å²) in [6, 6.07) is 0. The smallest absolute Gasteiger partial charge is 0.196 e. The van der Waals surface area contributed by atoms with E-state index in [9.17, 15) is 4.80 Å². The maximum absolute atomic E-state index is 11.3. The van der Waals surface area contributed by atoms with Gasteiger partial charge in [-0.05, 0) is 16.6 Å². The summed E-state index contributed by atoms with van der Waals surface area (Å²) in [5, 5.41) is 0. The van der Waals surface area contributed by atoms with Crippen molar-refractivity contribution in [1.29, 1.82) is 0 Å². The molecule has 0 radical (unpaired) electrons. The molecule has 2 heteroatoms. The topological polar surface area (TPSA) is 20.2 Å². The largest absolute Gasteiger partial charge is 0.431 e. The third-order valence-corrected chi connectivity index (χ3v) is 10.1. The molecule has 1 nitrogen and oxygen atoms in total. The van der Waals surface area contributed by atoms with E-state index in [0.29, 0.717) is 16.6 Å². The molecule has 3 unspecified atom stereocenters. The van der Waals surface area contributed by atoms with E-state index < -0.39 is 8.32 Å². The Morgan fingerprint density at radius 1 is 0.706 bits per heavy atom. The van der Waals surface area contributed by atoms with Gasteiger partial charge in [-0.1, -0.05) is 80.1 Å². The molecule has 0 aromatic heterocycles. The van der Waals surface area contributed by atoms with Crippen LogP contribution in [0.2, 0.25) is 16.6 Å². The van der Waals surface area contributed by atoms with Crippen LogP contribution in [0.1, 0.15) is 80.1 Å². The minimum Gasteiger partial charge on any atom is -0.431 e. The van der Waals surface area contributed by atoms with E-state index in [-0.39, 0.29) is 0 Å². The molecule has 17 heavy (non-hydrogen) atoms. The van der Waals surface area contributed by atoms with Crippen molar-refractivity contribution in [3.8, 4) is 0 Å². The molecule has 0 spiro atoms. The molecular weight excluding hydrogens is 224 g/mol. The van der Waals surface area contributed by atoms with Gasteiger partial charge in [0.2, 0.25) is 0 Å². The van der Waals surface area contributed by atoms with Crippen molar-refractivity contribution in [3.63, 3.8) is 0 Å². The average molecular weight is 259 g/mol. The van der Waals surface area contributed by atoms with Crippen LogP contribution in [0, 0.1) is 0 Å². The third kappa shape index (κ3) is 4.40. The van der Waals surface area contributed by atoms with Crippen LogP contribution < -0.4 is 0 Å². The van der Waals surface area contributed by atoms with Gasteiger partial charge in [0.25, 0.3) is 0 Å². The zero-order chi connectivity index (χ0) is 13.5. The molecule has 0 aromatic rings. The summed E-state index contributed by atoms with van der Waals surface area (Å²) in [7, 11) is -2.12. The Labute approximate surface area is 110 Å². The first-order valence-electron chi connectivity index (χ1n) is 7.67. The predicted molar refractivity (Wildman–Crippen MR) is 81.0 cm³/mol. The average Bonchev–Trinajstić information content (AvgIpc) is 2.28. The van der Waals surface area contributed by atoms with E-state index in [4.69, 9.17) is 0 Å². The van der Waals surface area contributed by atoms with Crippen molar-refractivity contribution in [3.05, 3.63) is 0 Å². The lowest BCUT2D eigenvalue weighted by molar-refractivity contribution is 0.433. The zero-order valence-corrected chi connectivity index (χ0v) is 13.9. The Bertz CT molecular complexity index is 162. The highest BCUT2D eigenvalue weighted by Crippen LogP contribution is 2.45. The molecule has 0 fully saturated rings. The standard InChI is InChI=1S/C15H34OSi/c1-7-10-13(4)17(16,14(5)11-8-2)15(6)12-9-3/h13-16H,7-12H2,1-6H3. The minimum absolute atomic E-state index is 0.551. The van der Waals surface area contributed by atoms with E-state index in [2.05, 4.69) is 41.5 Å². The first-order chi connectivity index (χ1) is 7.94. The minimum atomic E-state index is -2.12. The van der Waals surface area contributed by atoms with Crippen molar-refractivity contribution in [2.45, 2.75) is 96.7 Å². The van der Waals surface area contributed by atoms with E-state index >= 15 is 0 Å². The molecule has 0 heterocycles. The second-order valence-electron chi connectivity index (χ2n) is 5.96. The Kier molecular flexibility index (Phi) is 8.40. The van der Waals surface area contributed by atoms with Gasteiger partial charge in [-0.2, -0.15) is 0 Å². The highest BCUT2D eigenvalue weighted by atomic mass is 28.4. The van der Waals surface area contributed by atoms with E-state index in [1.54, 1.807) is 0 Å². The summed E-state index contributed by atoms with van der Waals surface area (Å²) in [6.45, 7) is 13.6. The van der Waals surface area contributed by atoms with Gasteiger partial charge >= 0.3 is 0 Å². The van der Waals surface area contributed by atoms with Crippen molar-refractivity contribution in [2.75, 3.05) is 0 Å². The molecule has 0 saturated carbocycles. The molecule has 0 aliphatic heterocycles. The van der Waals surface area contributed by atoms with Gasteiger partial charge in [-0.3, -0.25) is 0 Å². The third-order valence-electron chi connectivity index (χ3n) is 4.53. The number of rotatable bonds is 9.